The van der Waals surface area contributed by atoms with Crippen LogP contribution in [0.4, 0.5) is 0 Å². The molecule has 144 valence electrons. The third kappa shape index (κ3) is 4.01. The summed E-state index contributed by atoms with van der Waals surface area (Å²) < 4.78 is 5.49. The van der Waals surface area contributed by atoms with Crippen molar-refractivity contribution < 1.29 is 14.3 Å². The summed E-state index contributed by atoms with van der Waals surface area (Å²) in [6.45, 7) is 9.63. The first-order valence-corrected chi connectivity index (χ1v) is 9.74. The van der Waals surface area contributed by atoms with Crippen LogP contribution in [-0.2, 0) is 14.3 Å². The van der Waals surface area contributed by atoms with Crippen molar-refractivity contribution in [3.8, 4) is 0 Å². The monoisotopic (exact) mass is 387 g/mol. The van der Waals surface area contributed by atoms with Crippen molar-refractivity contribution in [2.24, 2.45) is 16.3 Å². The topological polar surface area (TPSA) is 55.7 Å². The summed E-state index contributed by atoms with van der Waals surface area (Å²) in [7, 11) is 0. The Balaban J connectivity index is 2.15. The van der Waals surface area contributed by atoms with Gasteiger partial charge in [-0.05, 0) is 50.3 Å². The molecule has 1 fully saturated rings. The number of hydrogen-bond acceptors (Lipinski definition) is 4. The van der Waals surface area contributed by atoms with Gasteiger partial charge in [-0.25, -0.2) is 4.79 Å². The van der Waals surface area contributed by atoms with E-state index in [0.717, 1.165) is 17.7 Å². The highest BCUT2D eigenvalue weighted by Crippen LogP contribution is 2.47. The van der Waals surface area contributed by atoms with Crippen LogP contribution >= 0.6 is 11.6 Å². The number of Topliss-reactive ketones (excluding diaryl/α,β-unsaturated/α-hetero) is 1. The standard InChI is InChI=1S/C22H26ClNO3/c1-12(2)27-21(26)18-13(3)24-16-10-22(4,5)11-17(25)20(16)19(18)14-6-8-15(23)9-7-14/h6-9,12,19-20H,10-11H2,1-5H3. The molecule has 0 N–H and O–H groups in total. The van der Waals surface area contributed by atoms with Crippen LogP contribution in [-0.4, -0.2) is 23.6 Å². The summed E-state index contributed by atoms with van der Waals surface area (Å²) in [4.78, 5) is 30.7. The first kappa shape index (κ1) is 19.8. The molecule has 0 saturated heterocycles. The Morgan fingerprint density at radius 1 is 1.19 bits per heavy atom. The first-order valence-electron chi connectivity index (χ1n) is 9.36. The summed E-state index contributed by atoms with van der Waals surface area (Å²) in [5, 5.41) is 0.617. The second kappa shape index (κ2) is 7.23. The van der Waals surface area contributed by atoms with Crippen LogP contribution in [0, 0.1) is 11.3 Å². The van der Waals surface area contributed by atoms with Crippen LogP contribution in [0.1, 0.15) is 58.9 Å². The summed E-state index contributed by atoms with van der Waals surface area (Å²) in [6.07, 6.45) is 0.985. The fraction of sp³-hybridized carbons (Fsp3) is 0.500. The number of ketones is 1. The van der Waals surface area contributed by atoms with Crippen LogP contribution < -0.4 is 0 Å². The van der Waals surface area contributed by atoms with Gasteiger partial charge < -0.3 is 4.74 Å². The zero-order chi connectivity index (χ0) is 19.9. The van der Waals surface area contributed by atoms with Gasteiger partial charge in [-0.3, -0.25) is 9.79 Å². The maximum atomic E-state index is 13.1. The van der Waals surface area contributed by atoms with E-state index in [1.807, 2.05) is 32.9 Å². The molecular weight excluding hydrogens is 362 g/mol. The molecule has 1 saturated carbocycles. The number of ether oxygens (including phenoxy) is 1. The normalized spacial score (nSPS) is 24.6. The van der Waals surface area contributed by atoms with Crippen molar-refractivity contribution in [3.05, 3.63) is 46.1 Å². The Hall–Kier alpha value is -1.94. The van der Waals surface area contributed by atoms with E-state index in [4.69, 9.17) is 21.3 Å². The molecule has 0 amide bonds. The zero-order valence-corrected chi connectivity index (χ0v) is 17.3. The average molecular weight is 388 g/mol. The molecule has 3 rings (SSSR count). The third-order valence-corrected chi connectivity index (χ3v) is 5.41. The van der Waals surface area contributed by atoms with Gasteiger partial charge in [0, 0.05) is 28.8 Å². The highest BCUT2D eigenvalue weighted by Gasteiger charge is 2.47. The number of halogens is 1. The zero-order valence-electron chi connectivity index (χ0n) is 16.5. The maximum Gasteiger partial charge on any atom is 0.336 e. The Morgan fingerprint density at radius 2 is 1.81 bits per heavy atom. The fourth-order valence-electron chi connectivity index (χ4n) is 4.17. The summed E-state index contributed by atoms with van der Waals surface area (Å²) in [5.74, 6) is -1.07. The number of aliphatic imine (C=N–C) groups is 1. The number of nitrogens with zero attached hydrogens (tertiary/aromatic N) is 1. The Labute approximate surface area is 165 Å². The Kier molecular flexibility index (Phi) is 5.31. The van der Waals surface area contributed by atoms with E-state index < -0.39 is 11.9 Å². The number of allylic oxidation sites excluding steroid dienone is 1. The van der Waals surface area contributed by atoms with Gasteiger partial charge in [0.25, 0.3) is 0 Å². The molecule has 27 heavy (non-hydrogen) atoms. The van der Waals surface area contributed by atoms with E-state index in [1.165, 1.54) is 0 Å². The highest BCUT2D eigenvalue weighted by atomic mass is 35.5. The predicted octanol–water partition coefficient (Wildman–Crippen LogP) is 5.11. The number of hydrogen-bond donors (Lipinski definition) is 0. The van der Waals surface area contributed by atoms with E-state index >= 15 is 0 Å². The number of benzene rings is 1. The molecule has 1 aliphatic heterocycles. The van der Waals surface area contributed by atoms with E-state index in [1.54, 1.807) is 12.1 Å². The van der Waals surface area contributed by atoms with Crippen molar-refractivity contribution in [1.29, 1.82) is 0 Å². The van der Waals surface area contributed by atoms with Crippen molar-refractivity contribution >= 4 is 29.1 Å². The molecule has 0 aromatic heterocycles. The second-order valence-corrected chi connectivity index (χ2v) is 8.98. The van der Waals surface area contributed by atoms with Gasteiger partial charge >= 0.3 is 5.97 Å². The van der Waals surface area contributed by atoms with Gasteiger partial charge in [-0.1, -0.05) is 37.6 Å². The van der Waals surface area contributed by atoms with E-state index in [9.17, 15) is 9.59 Å². The van der Waals surface area contributed by atoms with Crippen molar-refractivity contribution in [2.45, 2.75) is 59.5 Å². The van der Waals surface area contributed by atoms with Crippen LogP contribution in [0.2, 0.25) is 5.02 Å². The minimum atomic E-state index is -0.419. The van der Waals surface area contributed by atoms with Crippen molar-refractivity contribution in [2.75, 3.05) is 0 Å². The Morgan fingerprint density at radius 3 is 2.41 bits per heavy atom. The minimum absolute atomic E-state index is 0.118. The molecule has 1 heterocycles. The van der Waals surface area contributed by atoms with Crippen LogP contribution in [0.15, 0.2) is 40.5 Å². The fourth-order valence-corrected chi connectivity index (χ4v) is 4.29. The molecule has 2 unspecified atom stereocenters. The van der Waals surface area contributed by atoms with Gasteiger partial charge in [-0.2, -0.15) is 0 Å². The van der Waals surface area contributed by atoms with Crippen LogP contribution in [0.25, 0.3) is 0 Å². The lowest BCUT2D eigenvalue weighted by Gasteiger charge is -2.41. The van der Waals surface area contributed by atoms with Crippen LogP contribution in [0.3, 0.4) is 0 Å². The molecule has 0 bridgehead atoms. The van der Waals surface area contributed by atoms with Crippen LogP contribution in [0.5, 0.6) is 0 Å². The Bertz CT molecular complexity index is 834. The molecule has 0 spiro atoms. The lowest BCUT2D eigenvalue weighted by molar-refractivity contribution is -0.143. The molecule has 4 nitrogen and oxygen atoms in total. The van der Waals surface area contributed by atoms with Crippen molar-refractivity contribution in [3.63, 3.8) is 0 Å². The SMILES string of the molecule is CC1=C(C(=O)OC(C)C)C(c2ccc(Cl)cc2)C2C(=O)CC(C)(C)CC2=N1. The second-order valence-electron chi connectivity index (χ2n) is 8.55. The third-order valence-electron chi connectivity index (χ3n) is 5.16. The van der Waals surface area contributed by atoms with E-state index in [0.29, 0.717) is 22.7 Å². The molecule has 1 aromatic rings. The lowest BCUT2D eigenvalue weighted by atomic mass is 9.63. The highest BCUT2D eigenvalue weighted by molar-refractivity contribution is 6.30. The summed E-state index contributed by atoms with van der Waals surface area (Å²) >= 11 is 6.06. The van der Waals surface area contributed by atoms with Gasteiger partial charge in [0.15, 0.2) is 0 Å². The number of rotatable bonds is 3. The summed E-state index contributed by atoms with van der Waals surface area (Å²) in [6, 6.07) is 7.36. The summed E-state index contributed by atoms with van der Waals surface area (Å²) in [5.41, 5.74) is 2.76. The van der Waals surface area contributed by atoms with Gasteiger partial charge in [0.1, 0.15) is 5.78 Å². The number of esters is 1. The molecule has 2 aliphatic rings. The number of carbonyl (C=O) groups excluding carboxylic acids is 2. The molecule has 0 radical (unpaired) electrons. The van der Waals surface area contributed by atoms with Gasteiger partial charge in [0.2, 0.25) is 0 Å². The molecular formula is C22H26ClNO3. The van der Waals surface area contributed by atoms with Crippen molar-refractivity contribution in [1.82, 2.24) is 0 Å². The average Bonchev–Trinajstić information content (AvgIpc) is 2.52. The molecule has 1 aliphatic carbocycles. The minimum Gasteiger partial charge on any atom is -0.460 e. The first-order chi connectivity index (χ1) is 12.6. The number of carbonyl (C=O) groups is 2. The quantitative estimate of drug-likeness (QED) is 0.677. The molecule has 2 atom stereocenters. The van der Waals surface area contributed by atoms with Gasteiger partial charge in [0.05, 0.1) is 17.6 Å². The molecule has 5 heteroatoms. The molecule has 1 aromatic carbocycles. The number of fused-ring (bicyclic) bond motifs is 1. The predicted molar refractivity (Wildman–Crippen MR) is 107 cm³/mol. The lowest BCUT2D eigenvalue weighted by Crippen LogP contribution is -2.44. The maximum absolute atomic E-state index is 13.1. The van der Waals surface area contributed by atoms with E-state index in [2.05, 4.69) is 13.8 Å². The van der Waals surface area contributed by atoms with E-state index in [-0.39, 0.29) is 23.2 Å². The largest absolute Gasteiger partial charge is 0.460 e. The smallest absolute Gasteiger partial charge is 0.336 e. The van der Waals surface area contributed by atoms with Gasteiger partial charge in [-0.15, -0.1) is 0 Å².